The van der Waals surface area contributed by atoms with Crippen molar-refractivity contribution in [2.45, 2.75) is 46.1 Å². The van der Waals surface area contributed by atoms with Crippen LogP contribution in [0, 0.1) is 0 Å². The Morgan fingerprint density at radius 1 is 0.921 bits per heavy atom. The van der Waals surface area contributed by atoms with Gasteiger partial charge < -0.3 is 29.1 Å². The number of hydrogen-bond acceptors (Lipinski definition) is 7. The first-order chi connectivity index (χ1) is 18.3. The van der Waals surface area contributed by atoms with Crippen molar-refractivity contribution in [3.63, 3.8) is 0 Å². The zero-order chi connectivity index (χ0) is 27.7. The second kappa shape index (κ2) is 13.9. The third kappa shape index (κ3) is 6.86. The molecule has 1 saturated heterocycles. The predicted octanol–water partition coefficient (Wildman–Crippen LogP) is 5.04. The molecule has 38 heavy (non-hydrogen) atoms. The fraction of sp³-hybridized carbons (Fsp3) is 0.467. The molecule has 2 aromatic rings. The minimum atomic E-state index is -0.757. The van der Waals surface area contributed by atoms with E-state index in [0.717, 1.165) is 19.4 Å². The van der Waals surface area contributed by atoms with Crippen molar-refractivity contribution in [1.29, 1.82) is 0 Å². The Kier molecular flexibility index (Phi) is 10.6. The first-order valence-corrected chi connectivity index (χ1v) is 13.4. The minimum Gasteiger partial charge on any atom is -0.507 e. The molecule has 1 amide bonds. The predicted molar refractivity (Wildman–Crippen MR) is 148 cm³/mol. The fourth-order valence-corrected chi connectivity index (χ4v) is 4.45. The summed E-state index contributed by atoms with van der Waals surface area (Å²) in [5, 5.41) is 11.3. The quantitative estimate of drug-likeness (QED) is 0.160. The summed E-state index contributed by atoms with van der Waals surface area (Å²) < 4.78 is 17.3. The highest BCUT2D eigenvalue weighted by atomic mass is 16.5. The lowest BCUT2D eigenvalue weighted by molar-refractivity contribution is -0.139. The van der Waals surface area contributed by atoms with E-state index in [2.05, 4.69) is 6.92 Å². The normalized spacial score (nSPS) is 16.8. The molecule has 206 valence electrons. The molecule has 0 saturated carbocycles. The van der Waals surface area contributed by atoms with Gasteiger partial charge in [0.15, 0.2) is 11.5 Å². The maximum Gasteiger partial charge on any atom is 0.295 e. The topological polar surface area (TPSA) is 88.5 Å². The second-order valence-electron chi connectivity index (χ2n) is 9.45. The van der Waals surface area contributed by atoms with Gasteiger partial charge in [0.05, 0.1) is 31.4 Å². The van der Waals surface area contributed by atoms with Gasteiger partial charge in [0.2, 0.25) is 0 Å². The molecular weight excluding hydrogens is 484 g/mol. The highest BCUT2D eigenvalue weighted by Crippen LogP contribution is 2.42. The number of aliphatic hydroxyl groups is 1. The van der Waals surface area contributed by atoms with Crippen LogP contribution in [0.2, 0.25) is 0 Å². The molecule has 8 nitrogen and oxygen atoms in total. The average molecular weight is 525 g/mol. The summed E-state index contributed by atoms with van der Waals surface area (Å²) in [4.78, 5) is 30.2. The number of nitrogens with zero attached hydrogens (tertiary/aromatic N) is 2. The third-order valence-electron chi connectivity index (χ3n) is 6.32. The van der Waals surface area contributed by atoms with Crippen molar-refractivity contribution in [3.8, 4) is 17.2 Å². The molecule has 2 aromatic carbocycles. The van der Waals surface area contributed by atoms with Gasteiger partial charge in [-0.3, -0.25) is 9.59 Å². The number of likely N-dealkylation sites (tertiary alicyclic amines) is 1. The Hall–Kier alpha value is -3.52. The van der Waals surface area contributed by atoms with Crippen LogP contribution in [0.25, 0.3) is 5.76 Å². The summed E-state index contributed by atoms with van der Waals surface area (Å²) in [5.74, 6) is 0.272. The lowest BCUT2D eigenvalue weighted by Crippen LogP contribution is -2.32. The van der Waals surface area contributed by atoms with Crippen molar-refractivity contribution in [3.05, 3.63) is 59.2 Å². The van der Waals surface area contributed by atoms with Crippen molar-refractivity contribution in [2.24, 2.45) is 0 Å². The monoisotopic (exact) mass is 524 g/mol. The number of unbranched alkanes of at least 4 members (excludes halogenated alkanes) is 1. The summed E-state index contributed by atoms with van der Waals surface area (Å²) in [7, 11) is 3.92. The maximum absolute atomic E-state index is 13.3. The second-order valence-corrected chi connectivity index (χ2v) is 9.45. The number of Topliss-reactive ketones (excluding diaryl/α,β-unsaturated/α-hetero) is 1. The van der Waals surface area contributed by atoms with Gasteiger partial charge in [-0.2, -0.15) is 0 Å². The first-order valence-electron chi connectivity index (χ1n) is 13.4. The lowest BCUT2D eigenvalue weighted by Gasteiger charge is -2.26. The van der Waals surface area contributed by atoms with E-state index in [4.69, 9.17) is 14.2 Å². The third-order valence-corrected chi connectivity index (χ3v) is 6.32. The van der Waals surface area contributed by atoms with E-state index in [1.807, 2.05) is 51.0 Å². The number of ether oxygens (including phenoxy) is 3. The maximum atomic E-state index is 13.3. The Morgan fingerprint density at radius 3 is 2.26 bits per heavy atom. The van der Waals surface area contributed by atoms with Crippen molar-refractivity contribution in [2.75, 3.05) is 47.0 Å². The van der Waals surface area contributed by atoms with Gasteiger partial charge in [-0.25, -0.2) is 0 Å². The lowest BCUT2D eigenvalue weighted by atomic mass is 9.95. The average Bonchev–Trinajstić information content (AvgIpc) is 3.15. The molecule has 0 aliphatic carbocycles. The summed E-state index contributed by atoms with van der Waals surface area (Å²) >= 11 is 0. The van der Waals surface area contributed by atoms with Gasteiger partial charge >= 0.3 is 0 Å². The molecule has 1 heterocycles. The van der Waals surface area contributed by atoms with Gasteiger partial charge in [0.1, 0.15) is 11.5 Å². The van der Waals surface area contributed by atoms with E-state index < -0.39 is 17.7 Å². The summed E-state index contributed by atoms with van der Waals surface area (Å²) in [6.45, 7) is 8.52. The molecule has 1 fully saturated rings. The molecule has 1 atom stereocenters. The number of aliphatic hydroxyl groups excluding tert-OH is 1. The molecule has 1 aliphatic heterocycles. The molecule has 1 N–H and O–H groups in total. The van der Waals surface area contributed by atoms with Crippen LogP contribution in [0.4, 0.5) is 0 Å². The molecule has 1 unspecified atom stereocenters. The minimum absolute atomic E-state index is 0.0612. The van der Waals surface area contributed by atoms with E-state index in [-0.39, 0.29) is 11.3 Å². The van der Waals surface area contributed by atoms with Gasteiger partial charge in [-0.15, -0.1) is 0 Å². The molecule has 0 aromatic heterocycles. The van der Waals surface area contributed by atoms with E-state index >= 15 is 0 Å². The Bertz CT molecular complexity index is 1130. The number of hydrogen-bond donors (Lipinski definition) is 1. The number of benzene rings is 2. The zero-order valence-electron chi connectivity index (χ0n) is 23.2. The van der Waals surface area contributed by atoms with Gasteiger partial charge in [-0.1, -0.05) is 19.4 Å². The highest BCUT2D eigenvalue weighted by Gasteiger charge is 2.46. The van der Waals surface area contributed by atoms with Crippen LogP contribution in [-0.2, 0) is 9.59 Å². The van der Waals surface area contributed by atoms with Crippen molar-refractivity contribution >= 4 is 17.4 Å². The fourth-order valence-electron chi connectivity index (χ4n) is 4.45. The summed E-state index contributed by atoms with van der Waals surface area (Å²) in [6, 6.07) is 11.5. The van der Waals surface area contributed by atoms with E-state index in [1.165, 1.54) is 0 Å². The Balaban J connectivity index is 2.08. The molecular formula is C30H40N2O6. The van der Waals surface area contributed by atoms with E-state index in [9.17, 15) is 14.7 Å². The Labute approximate surface area is 225 Å². The first kappa shape index (κ1) is 29.0. The molecule has 0 radical (unpaired) electrons. The van der Waals surface area contributed by atoms with E-state index in [1.54, 1.807) is 29.2 Å². The number of carbonyl (C=O) groups excluding carboxylic acids is 2. The number of carbonyl (C=O) groups is 2. The summed E-state index contributed by atoms with van der Waals surface area (Å²) in [5.41, 5.74) is 1.17. The van der Waals surface area contributed by atoms with Crippen LogP contribution in [0.1, 0.15) is 57.2 Å². The van der Waals surface area contributed by atoms with Crippen LogP contribution in [0.15, 0.2) is 48.0 Å². The standard InChI is InChI=1S/C30H40N2O6/c1-6-9-19-38-24-16-13-22(20-25(24)37-8-3)27-26(28(33)21-11-14-23(15-12-21)36-7-2)29(34)30(35)32(27)18-10-17-31(4)5/h11-16,20,27,33H,6-10,17-19H2,1-5H3. The largest absolute Gasteiger partial charge is 0.507 e. The van der Waals surface area contributed by atoms with Gasteiger partial charge in [0.25, 0.3) is 11.7 Å². The van der Waals surface area contributed by atoms with Crippen LogP contribution in [0.5, 0.6) is 17.2 Å². The molecule has 8 heteroatoms. The smallest absolute Gasteiger partial charge is 0.295 e. The molecule has 1 aliphatic rings. The van der Waals surface area contributed by atoms with Crippen LogP contribution < -0.4 is 14.2 Å². The van der Waals surface area contributed by atoms with Gasteiger partial charge in [0, 0.05) is 12.1 Å². The zero-order valence-corrected chi connectivity index (χ0v) is 23.2. The van der Waals surface area contributed by atoms with Crippen LogP contribution in [-0.4, -0.2) is 73.6 Å². The summed E-state index contributed by atoms with van der Waals surface area (Å²) in [6.07, 6.45) is 2.60. The molecule has 3 rings (SSSR count). The van der Waals surface area contributed by atoms with Crippen LogP contribution in [0.3, 0.4) is 0 Å². The SMILES string of the molecule is CCCCOc1ccc(C2C(=C(O)c3ccc(OCC)cc3)C(=O)C(=O)N2CCCN(C)C)cc1OCC. The molecule has 0 bridgehead atoms. The highest BCUT2D eigenvalue weighted by molar-refractivity contribution is 6.46. The number of amides is 1. The van der Waals surface area contributed by atoms with Crippen molar-refractivity contribution < 1.29 is 28.9 Å². The Morgan fingerprint density at radius 2 is 1.63 bits per heavy atom. The number of ketones is 1. The van der Waals surface area contributed by atoms with Crippen molar-refractivity contribution in [1.82, 2.24) is 9.80 Å². The number of rotatable bonds is 14. The van der Waals surface area contributed by atoms with Crippen LogP contribution >= 0.6 is 0 Å². The van der Waals surface area contributed by atoms with E-state index in [0.29, 0.717) is 61.2 Å². The van der Waals surface area contributed by atoms with Gasteiger partial charge in [-0.05, 0) is 89.3 Å². The molecule has 0 spiro atoms.